The normalized spacial score (nSPS) is 17.9. The van der Waals surface area contributed by atoms with E-state index < -0.39 is 35.3 Å². The lowest BCUT2D eigenvalue weighted by molar-refractivity contribution is -0.896. The van der Waals surface area contributed by atoms with E-state index in [4.69, 9.17) is 9.47 Å². The second-order valence-corrected chi connectivity index (χ2v) is 12.8. The Morgan fingerprint density at radius 1 is 1.10 bits per heavy atom. The van der Waals surface area contributed by atoms with Gasteiger partial charge in [0.05, 0.1) is 69.5 Å². The summed E-state index contributed by atoms with van der Waals surface area (Å²) in [5, 5.41) is 13.0. The van der Waals surface area contributed by atoms with Crippen LogP contribution in [-0.4, -0.2) is 67.4 Å². The molecular formula is C29H34F2N3O5S+. The third-order valence-electron chi connectivity index (χ3n) is 8.15. The summed E-state index contributed by atoms with van der Waals surface area (Å²) >= 11 is 1.39. The Morgan fingerprint density at radius 2 is 1.75 bits per heavy atom. The van der Waals surface area contributed by atoms with E-state index in [2.05, 4.69) is 24.4 Å². The minimum Gasteiger partial charge on any atom is -0.493 e. The van der Waals surface area contributed by atoms with Crippen molar-refractivity contribution in [3.8, 4) is 11.5 Å². The van der Waals surface area contributed by atoms with Crippen molar-refractivity contribution in [1.82, 2.24) is 10.3 Å². The quantitative estimate of drug-likeness (QED) is 0.370. The number of benzene rings is 2. The van der Waals surface area contributed by atoms with E-state index in [9.17, 15) is 23.5 Å². The molecule has 40 heavy (non-hydrogen) atoms. The van der Waals surface area contributed by atoms with Crippen molar-refractivity contribution in [2.45, 2.75) is 38.6 Å². The molecule has 0 unspecified atom stereocenters. The maximum Gasteiger partial charge on any atom is 0.304 e. The molecular weight excluding hydrogens is 540 g/mol. The Hall–Kier alpha value is -3.31. The lowest BCUT2D eigenvalue weighted by Gasteiger charge is -2.37. The van der Waals surface area contributed by atoms with Crippen LogP contribution >= 0.6 is 11.3 Å². The number of carboxylic acid groups (broad SMARTS) is 1. The molecule has 5 rings (SSSR count). The van der Waals surface area contributed by atoms with Crippen LogP contribution in [0.1, 0.15) is 35.4 Å². The van der Waals surface area contributed by atoms with Gasteiger partial charge in [-0.05, 0) is 36.1 Å². The molecule has 214 valence electrons. The average Bonchev–Trinajstić information content (AvgIpc) is 3.46. The molecule has 1 saturated heterocycles. The van der Waals surface area contributed by atoms with Gasteiger partial charge in [-0.15, -0.1) is 11.3 Å². The number of fused-ring (bicyclic) bond motifs is 2. The van der Waals surface area contributed by atoms with Gasteiger partial charge in [0.25, 0.3) is 0 Å². The van der Waals surface area contributed by atoms with Crippen LogP contribution in [0.25, 0.3) is 10.2 Å². The summed E-state index contributed by atoms with van der Waals surface area (Å²) in [6.07, 6.45) is 1.80. The Labute approximate surface area is 235 Å². The number of thiazole rings is 1. The molecule has 0 saturated carbocycles. The maximum absolute atomic E-state index is 13.8. The number of carboxylic acids is 1. The number of methoxy groups -OCH3 is 1. The van der Waals surface area contributed by atoms with E-state index in [1.165, 1.54) is 11.3 Å². The number of hydrogen-bond donors (Lipinski definition) is 2. The number of aromatic nitrogens is 1. The zero-order valence-corrected chi connectivity index (χ0v) is 23.7. The number of carbonyl (C=O) groups excluding carboxylic acids is 1. The fourth-order valence-corrected chi connectivity index (χ4v) is 6.69. The molecule has 0 bridgehead atoms. The van der Waals surface area contributed by atoms with E-state index in [1.54, 1.807) is 7.11 Å². The molecule has 2 aromatic carbocycles. The van der Waals surface area contributed by atoms with Crippen molar-refractivity contribution in [2.75, 3.05) is 40.9 Å². The summed E-state index contributed by atoms with van der Waals surface area (Å²) in [4.78, 5) is 29.6. The number of nitrogens with zero attached hydrogens (tertiary/aromatic N) is 2. The van der Waals surface area contributed by atoms with Gasteiger partial charge in [-0.2, -0.15) is 0 Å². The van der Waals surface area contributed by atoms with E-state index in [0.717, 1.165) is 47.2 Å². The van der Waals surface area contributed by atoms with Gasteiger partial charge in [-0.25, -0.2) is 13.8 Å². The van der Waals surface area contributed by atoms with E-state index in [-0.39, 0.29) is 19.4 Å². The molecule has 1 aromatic heterocycles. The number of ether oxygens (including phenoxy) is 2. The SMILES string of the molecule is COc1cc2sc(CNC(=O)C3(CC(=O)O)Cc4cc(F)c(F)cc4C3)nc2cc1OCC1CC[N+](C)(C)CC1. The zero-order valence-electron chi connectivity index (χ0n) is 22.9. The van der Waals surface area contributed by atoms with Gasteiger partial charge in [-0.1, -0.05) is 0 Å². The van der Waals surface area contributed by atoms with Gasteiger partial charge < -0.3 is 24.4 Å². The van der Waals surface area contributed by atoms with Crippen molar-refractivity contribution in [1.29, 1.82) is 0 Å². The number of quaternary nitrogens is 1. The van der Waals surface area contributed by atoms with Crippen LogP contribution in [0.3, 0.4) is 0 Å². The average molecular weight is 575 g/mol. The first-order chi connectivity index (χ1) is 19.0. The molecule has 2 aliphatic rings. The van der Waals surface area contributed by atoms with Gasteiger partial charge in [0.1, 0.15) is 5.01 Å². The Bertz CT molecular complexity index is 1420. The minimum absolute atomic E-state index is 0.0207. The van der Waals surface area contributed by atoms with E-state index in [1.807, 2.05) is 12.1 Å². The number of nitrogens with one attached hydrogen (secondary N) is 1. The Balaban J connectivity index is 1.28. The number of likely N-dealkylation sites (tertiary alicyclic amines) is 1. The van der Waals surface area contributed by atoms with Crippen molar-refractivity contribution >= 4 is 33.4 Å². The molecule has 1 aliphatic heterocycles. The molecule has 1 aliphatic carbocycles. The largest absolute Gasteiger partial charge is 0.493 e. The summed E-state index contributed by atoms with van der Waals surface area (Å²) in [6, 6.07) is 5.82. The minimum atomic E-state index is -1.33. The summed E-state index contributed by atoms with van der Waals surface area (Å²) < 4.78 is 41.2. The number of aliphatic carboxylic acids is 1. The predicted molar refractivity (Wildman–Crippen MR) is 147 cm³/mol. The lowest BCUT2D eigenvalue weighted by atomic mass is 9.80. The van der Waals surface area contributed by atoms with Crippen molar-refractivity contribution in [3.05, 3.63) is 52.0 Å². The molecule has 0 radical (unpaired) electrons. The molecule has 2 N–H and O–H groups in total. The molecule has 1 fully saturated rings. The van der Waals surface area contributed by atoms with Crippen molar-refractivity contribution in [2.24, 2.45) is 11.3 Å². The topological polar surface area (TPSA) is 97.8 Å². The van der Waals surface area contributed by atoms with Crippen LogP contribution in [-0.2, 0) is 29.0 Å². The van der Waals surface area contributed by atoms with E-state index >= 15 is 0 Å². The maximum atomic E-state index is 13.8. The van der Waals surface area contributed by atoms with Crippen LogP contribution in [0, 0.1) is 23.0 Å². The van der Waals surface area contributed by atoms with Crippen LogP contribution < -0.4 is 14.8 Å². The first kappa shape index (κ1) is 28.2. The highest BCUT2D eigenvalue weighted by atomic mass is 32.1. The number of halogens is 2. The molecule has 3 aromatic rings. The predicted octanol–water partition coefficient (Wildman–Crippen LogP) is 4.32. The number of rotatable bonds is 9. The van der Waals surface area contributed by atoms with Crippen LogP contribution in [0.4, 0.5) is 8.78 Å². The van der Waals surface area contributed by atoms with Gasteiger partial charge in [0.15, 0.2) is 23.1 Å². The standard InChI is InChI=1S/C29H33F2N3O5S/c1-34(2)6-4-17(5-7-34)16-39-24-10-22-25(11-23(24)38-3)40-26(33-22)15-32-28(37)29(14-27(35)36)12-18-8-20(30)21(31)9-19(18)13-29/h8-11,17H,4-7,12-16H2,1-3H3,(H-,32,35,36,37)/p+1. The molecule has 11 heteroatoms. The van der Waals surface area contributed by atoms with Crippen molar-refractivity contribution < 1.29 is 37.4 Å². The zero-order chi connectivity index (χ0) is 28.7. The summed E-state index contributed by atoms with van der Waals surface area (Å²) in [6.45, 7) is 2.95. The van der Waals surface area contributed by atoms with Gasteiger partial charge in [0, 0.05) is 30.9 Å². The second kappa shape index (κ2) is 10.9. The van der Waals surface area contributed by atoms with Gasteiger partial charge in [0.2, 0.25) is 5.91 Å². The molecule has 2 heterocycles. The van der Waals surface area contributed by atoms with Crippen LogP contribution in [0.5, 0.6) is 11.5 Å². The Kier molecular flexibility index (Phi) is 7.71. The monoisotopic (exact) mass is 574 g/mol. The first-order valence-corrected chi connectivity index (χ1v) is 14.2. The fourth-order valence-electron chi connectivity index (χ4n) is 5.77. The molecule has 1 amide bonds. The molecule has 0 spiro atoms. The summed E-state index contributed by atoms with van der Waals surface area (Å²) in [5.41, 5.74) is 0.283. The number of piperidine rings is 1. The number of carbonyl (C=O) groups is 2. The fraction of sp³-hybridized carbons (Fsp3) is 0.483. The second-order valence-electron chi connectivity index (χ2n) is 11.6. The van der Waals surface area contributed by atoms with Crippen molar-refractivity contribution in [3.63, 3.8) is 0 Å². The summed E-state index contributed by atoms with van der Waals surface area (Å²) in [5.74, 6) is -1.94. The highest BCUT2D eigenvalue weighted by Gasteiger charge is 2.46. The molecule has 8 nitrogen and oxygen atoms in total. The molecule has 0 atom stereocenters. The van der Waals surface area contributed by atoms with Gasteiger partial charge in [-0.3, -0.25) is 9.59 Å². The van der Waals surface area contributed by atoms with Crippen LogP contribution in [0.2, 0.25) is 0 Å². The Morgan fingerprint density at radius 3 is 2.35 bits per heavy atom. The van der Waals surface area contributed by atoms with E-state index in [0.29, 0.717) is 45.7 Å². The van der Waals surface area contributed by atoms with Gasteiger partial charge >= 0.3 is 5.97 Å². The number of amides is 1. The smallest absolute Gasteiger partial charge is 0.304 e. The first-order valence-electron chi connectivity index (χ1n) is 13.4. The lowest BCUT2D eigenvalue weighted by Crippen LogP contribution is -2.46. The summed E-state index contributed by atoms with van der Waals surface area (Å²) in [7, 11) is 6.09. The third kappa shape index (κ3) is 5.90. The highest BCUT2D eigenvalue weighted by Crippen LogP contribution is 2.41. The number of hydrogen-bond acceptors (Lipinski definition) is 6. The highest BCUT2D eigenvalue weighted by molar-refractivity contribution is 7.18. The van der Waals surface area contributed by atoms with Crippen LogP contribution in [0.15, 0.2) is 24.3 Å². The third-order valence-corrected chi connectivity index (χ3v) is 9.17.